The summed E-state index contributed by atoms with van der Waals surface area (Å²) in [5.41, 5.74) is 9.96. The third-order valence-corrected chi connectivity index (χ3v) is 3.17. The fraction of sp³-hybridized carbons (Fsp3) is 0.312. The van der Waals surface area contributed by atoms with E-state index in [9.17, 15) is 0 Å². The second kappa shape index (κ2) is 5.85. The van der Waals surface area contributed by atoms with Crippen LogP contribution in [0.1, 0.15) is 29.4 Å². The summed E-state index contributed by atoms with van der Waals surface area (Å²) in [4.78, 5) is 4.50. The quantitative estimate of drug-likeness (QED) is 0.910. The number of benzene rings is 1. The van der Waals surface area contributed by atoms with E-state index < -0.39 is 0 Å². The maximum Gasteiger partial charge on any atom is 0.148 e. The number of nitrogens with two attached hydrogens (primary N) is 1. The summed E-state index contributed by atoms with van der Waals surface area (Å²) < 4.78 is 5.93. The Hall–Kier alpha value is -1.87. The van der Waals surface area contributed by atoms with E-state index >= 15 is 0 Å². The lowest BCUT2D eigenvalue weighted by molar-refractivity contribution is 0.472. The minimum absolute atomic E-state index is 0.554. The van der Waals surface area contributed by atoms with Crippen LogP contribution in [0.5, 0.6) is 11.5 Å². The van der Waals surface area contributed by atoms with Gasteiger partial charge in [0, 0.05) is 12.2 Å². The van der Waals surface area contributed by atoms with Crippen molar-refractivity contribution < 1.29 is 4.74 Å². The van der Waals surface area contributed by atoms with Crippen LogP contribution in [-0.2, 0) is 13.0 Å². The molecule has 0 amide bonds. The Morgan fingerprint density at radius 2 is 1.95 bits per heavy atom. The standard InChI is InChI=1S/C16H20N2O/c1-4-15-16(8-5-12(3)18-15)19-14-7-6-13(10-17)11(2)9-14/h5-9H,4,10,17H2,1-3H3. The molecule has 0 bridgehead atoms. The van der Waals surface area contributed by atoms with Gasteiger partial charge in [0.1, 0.15) is 11.5 Å². The van der Waals surface area contributed by atoms with E-state index in [4.69, 9.17) is 10.5 Å². The van der Waals surface area contributed by atoms with Crippen molar-refractivity contribution in [2.24, 2.45) is 5.73 Å². The summed E-state index contributed by atoms with van der Waals surface area (Å²) in [7, 11) is 0. The number of hydrogen-bond donors (Lipinski definition) is 1. The molecule has 0 aliphatic heterocycles. The van der Waals surface area contributed by atoms with Gasteiger partial charge in [-0.3, -0.25) is 4.98 Å². The second-order valence-corrected chi connectivity index (χ2v) is 4.65. The zero-order valence-electron chi connectivity index (χ0n) is 11.7. The van der Waals surface area contributed by atoms with Gasteiger partial charge in [-0.05, 0) is 55.7 Å². The van der Waals surface area contributed by atoms with E-state index in [2.05, 4.69) is 11.9 Å². The van der Waals surface area contributed by atoms with Gasteiger partial charge in [-0.15, -0.1) is 0 Å². The molecule has 3 heteroatoms. The first-order valence-corrected chi connectivity index (χ1v) is 6.58. The Morgan fingerprint density at radius 1 is 1.16 bits per heavy atom. The second-order valence-electron chi connectivity index (χ2n) is 4.65. The summed E-state index contributed by atoms with van der Waals surface area (Å²) in [6.07, 6.45) is 0.858. The van der Waals surface area contributed by atoms with E-state index in [-0.39, 0.29) is 0 Å². The number of aryl methyl sites for hydroxylation is 3. The van der Waals surface area contributed by atoms with Crippen molar-refractivity contribution in [2.45, 2.75) is 33.7 Å². The zero-order valence-corrected chi connectivity index (χ0v) is 11.7. The summed E-state index contributed by atoms with van der Waals surface area (Å²) in [6, 6.07) is 9.93. The summed E-state index contributed by atoms with van der Waals surface area (Å²) in [5.74, 6) is 1.66. The molecule has 0 radical (unpaired) electrons. The van der Waals surface area contributed by atoms with E-state index in [0.29, 0.717) is 6.54 Å². The predicted molar refractivity (Wildman–Crippen MR) is 77.5 cm³/mol. The zero-order chi connectivity index (χ0) is 13.8. The first-order chi connectivity index (χ1) is 9.13. The fourth-order valence-electron chi connectivity index (χ4n) is 2.03. The van der Waals surface area contributed by atoms with Crippen LogP contribution in [0, 0.1) is 13.8 Å². The van der Waals surface area contributed by atoms with Gasteiger partial charge in [-0.1, -0.05) is 13.0 Å². The minimum Gasteiger partial charge on any atom is -0.455 e. The van der Waals surface area contributed by atoms with Crippen molar-refractivity contribution in [3.8, 4) is 11.5 Å². The normalized spacial score (nSPS) is 10.5. The van der Waals surface area contributed by atoms with Gasteiger partial charge in [0.25, 0.3) is 0 Å². The number of hydrogen-bond acceptors (Lipinski definition) is 3. The summed E-state index contributed by atoms with van der Waals surface area (Å²) >= 11 is 0. The van der Waals surface area contributed by atoms with Crippen molar-refractivity contribution in [2.75, 3.05) is 0 Å². The Bertz CT molecular complexity index is 579. The van der Waals surface area contributed by atoms with Crippen LogP contribution in [-0.4, -0.2) is 4.98 Å². The van der Waals surface area contributed by atoms with Gasteiger partial charge < -0.3 is 10.5 Å². The van der Waals surface area contributed by atoms with Crippen molar-refractivity contribution in [3.63, 3.8) is 0 Å². The predicted octanol–water partition coefficient (Wildman–Crippen LogP) is 3.51. The van der Waals surface area contributed by atoms with E-state index in [1.165, 1.54) is 0 Å². The summed E-state index contributed by atoms with van der Waals surface area (Å²) in [5, 5.41) is 0. The molecule has 0 fully saturated rings. The highest BCUT2D eigenvalue weighted by Gasteiger charge is 2.06. The molecule has 2 aromatic rings. The van der Waals surface area contributed by atoms with Crippen LogP contribution in [0.4, 0.5) is 0 Å². The molecule has 2 rings (SSSR count). The largest absolute Gasteiger partial charge is 0.455 e. The van der Waals surface area contributed by atoms with Crippen LogP contribution in [0.25, 0.3) is 0 Å². The molecule has 0 aliphatic rings. The molecule has 1 heterocycles. The maximum absolute atomic E-state index is 5.93. The Labute approximate surface area is 114 Å². The van der Waals surface area contributed by atoms with Gasteiger partial charge in [0.2, 0.25) is 0 Å². The van der Waals surface area contributed by atoms with Crippen LogP contribution >= 0.6 is 0 Å². The molecule has 0 saturated heterocycles. The monoisotopic (exact) mass is 256 g/mol. The lowest BCUT2D eigenvalue weighted by Crippen LogP contribution is -2.00. The maximum atomic E-state index is 5.93. The SMILES string of the molecule is CCc1nc(C)ccc1Oc1ccc(CN)c(C)c1. The average molecular weight is 256 g/mol. The first-order valence-electron chi connectivity index (χ1n) is 6.58. The minimum atomic E-state index is 0.554. The molecule has 0 spiro atoms. The third-order valence-electron chi connectivity index (χ3n) is 3.17. The molecule has 0 saturated carbocycles. The van der Waals surface area contributed by atoms with Crippen LogP contribution in [0.15, 0.2) is 30.3 Å². The Kier molecular flexibility index (Phi) is 4.17. The highest BCUT2D eigenvalue weighted by molar-refractivity contribution is 5.39. The van der Waals surface area contributed by atoms with E-state index in [0.717, 1.165) is 40.4 Å². The van der Waals surface area contributed by atoms with Gasteiger partial charge >= 0.3 is 0 Å². The molecule has 100 valence electrons. The molecule has 0 atom stereocenters. The first kappa shape index (κ1) is 13.6. The highest BCUT2D eigenvalue weighted by atomic mass is 16.5. The van der Waals surface area contributed by atoms with Crippen molar-refractivity contribution in [1.82, 2.24) is 4.98 Å². The Balaban J connectivity index is 2.28. The highest BCUT2D eigenvalue weighted by Crippen LogP contribution is 2.26. The van der Waals surface area contributed by atoms with E-state index in [1.807, 2.05) is 44.2 Å². The molecule has 2 N–H and O–H groups in total. The van der Waals surface area contributed by atoms with Crippen LogP contribution < -0.4 is 10.5 Å². The topological polar surface area (TPSA) is 48.1 Å². The van der Waals surface area contributed by atoms with Gasteiger partial charge in [0.15, 0.2) is 0 Å². The van der Waals surface area contributed by atoms with Gasteiger partial charge in [-0.2, -0.15) is 0 Å². The Morgan fingerprint density at radius 3 is 2.58 bits per heavy atom. The molecule has 0 unspecified atom stereocenters. The molecule has 1 aromatic carbocycles. The lowest BCUT2D eigenvalue weighted by atomic mass is 10.1. The smallest absolute Gasteiger partial charge is 0.148 e. The van der Waals surface area contributed by atoms with Gasteiger partial charge in [-0.25, -0.2) is 0 Å². The molecule has 1 aromatic heterocycles. The van der Waals surface area contributed by atoms with Crippen LogP contribution in [0.2, 0.25) is 0 Å². The number of rotatable bonds is 4. The third kappa shape index (κ3) is 3.12. The fourth-order valence-corrected chi connectivity index (χ4v) is 2.03. The molecular formula is C16H20N2O. The summed E-state index contributed by atoms with van der Waals surface area (Å²) in [6.45, 7) is 6.67. The average Bonchev–Trinajstić information content (AvgIpc) is 2.41. The molecule has 3 nitrogen and oxygen atoms in total. The van der Waals surface area contributed by atoms with Crippen LogP contribution in [0.3, 0.4) is 0 Å². The van der Waals surface area contributed by atoms with Crippen molar-refractivity contribution >= 4 is 0 Å². The lowest BCUT2D eigenvalue weighted by Gasteiger charge is -2.11. The number of nitrogens with zero attached hydrogens (tertiary/aromatic N) is 1. The number of aromatic nitrogens is 1. The molecular weight excluding hydrogens is 236 g/mol. The van der Waals surface area contributed by atoms with E-state index in [1.54, 1.807) is 0 Å². The number of ether oxygens (including phenoxy) is 1. The molecule has 0 aliphatic carbocycles. The van der Waals surface area contributed by atoms with Gasteiger partial charge in [0.05, 0.1) is 5.69 Å². The number of pyridine rings is 1. The van der Waals surface area contributed by atoms with Crippen molar-refractivity contribution in [3.05, 3.63) is 52.8 Å². The molecule has 19 heavy (non-hydrogen) atoms. The van der Waals surface area contributed by atoms with Crippen molar-refractivity contribution in [1.29, 1.82) is 0 Å².